The van der Waals surface area contributed by atoms with Gasteiger partial charge in [-0.3, -0.25) is 0 Å². The summed E-state index contributed by atoms with van der Waals surface area (Å²) in [4.78, 5) is 8.25. The molecule has 6 nitrogen and oxygen atoms in total. The standard InChI is InChI=1S/C14H16FN3O3/c1-20-13-7-14(21-2)18-12(17-13)6-11(19)9-4-3-8(15)5-10(9)16/h3-5,7,11,19H,6,16H2,1-2H3. The van der Waals surface area contributed by atoms with E-state index in [1.807, 2.05) is 0 Å². The normalized spacial score (nSPS) is 12.0. The first-order valence-electron chi connectivity index (χ1n) is 6.22. The molecule has 0 aliphatic heterocycles. The molecule has 1 aromatic carbocycles. The van der Waals surface area contributed by atoms with Gasteiger partial charge in [-0.15, -0.1) is 0 Å². The Morgan fingerprint density at radius 1 is 1.19 bits per heavy atom. The number of ether oxygens (including phenoxy) is 2. The highest BCUT2D eigenvalue weighted by Gasteiger charge is 2.15. The van der Waals surface area contributed by atoms with E-state index in [4.69, 9.17) is 15.2 Å². The van der Waals surface area contributed by atoms with Crippen LogP contribution in [0.25, 0.3) is 0 Å². The van der Waals surface area contributed by atoms with Gasteiger partial charge in [0, 0.05) is 17.7 Å². The van der Waals surface area contributed by atoms with Gasteiger partial charge in [0.2, 0.25) is 11.8 Å². The molecule has 0 saturated heterocycles. The Hall–Kier alpha value is -2.41. The third kappa shape index (κ3) is 3.57. The van der Waals surface area contributed by atoms with E-state index in [0.29, 0.717) is 23.1 Å². The Balaban J connectivity index is 2.24. The number of nitrogens with two attached hydrogens (primary N) is 1. The van der Waals surface area contributed by atoms with Gasteiger partial charge in [-0.1, -0.05) is 6.07 Å². The van der Waals surface area contributed by atoms with Crippen molar-refractivity contribution < 1.29 is 19.0 Å². The van der Waals surface area contributed by atoms with Crippen LogP contribution >= 0.6 is 0 Å². The van der Waals surface area contributed by atoms with Crippen LogP contribution in [0.5, 0.6) is 11.8 Å². The first-order valence-corrected chi connectivity index (χ1v) is 6.22. The lowest BCUT2D eigenvalue weighted by atomic mass is 10.0. The monoisotopic (exact) mass is 293 g/mol. The van der Waals surface area contributed by atoms with Gasteiger partial charge in [-0.2, -0.15) is 9.97 Å². The molecule has 7 heteroatoms. The summed E-state index contributed by atoms with van der Waals surface area (Å²) in [6.07, 6.45) is -0.856. The van der Waals surface area contributed by atoms with E-state index < -0.39 is 11.9 Å². The Labute approximate surface area is 121 Å². The minimum atomic E-state index is -0.956. The summed E-state index contributed by atoms with van der Waals surface area (Å²) in [5.74, 6) is 0.539. The van der Waals surface area contributed by atoms with Crippen molar-refractivity contribution in [2.24, 2.45) is 0 Å². The van der Waals surface area contributed by atoms with E-state index in [1.54, 1.807) is 0 Å². The average Bonchev–Trinajstić information content (AvgIpc) is 2.46. The second kappa shape index (κ2) is 6.36. The first kappa shape index (κ1) is 15.0. The summed E-state index contributed by atoms with van der Waals surface area (Å²) in [5.41, 5.74) is 6.29. The van der Waals surface area contributed by atoms with Crippen LogP contribution in [-0.4, -0.2) is 29.3 Å². The molecular formula is C14H16FN3O3. The van der Waals surface area contributed by atoms with E-state index >= 15 is 0 Å². The lowest BCUT2D eigenvalue weighted by molar-refractivity contribution is 0.175. The molecule has 1 heterocycles. The summed E-state index contributed by atoms with van der Waals surface area (Å²) in [7, 11) is 2.94. The molecule has 0 radical (unpaired) electrons. The van der Waals surface area contributed by atoms with Crippen molar-refractivity contribution in [2.45, 2.75) is 12.5 Å². The number of hydrogen-bond acceptors (Lipinski definition) is 6. The molecule has 0 fully saturated rings. The lowest BCUT2D eigenvalue weighted by Gasteiger charge is -2.13. The number of nitrogen functional groups attached to an aromatic ring is 1. The summed E-state index contributed by atoms with van der Waals surface area (Å²) >= 11 is 0. The number of hydrogen-bond donors (Lipinski definition) is 2. The number of aromatic nitrogens is 2. The molecule has 1 atom stereocenters. The maximum Gasteiger partial charge on any atom is 0.220 e. The number of halogens is 1. The van der Waals surface area contributed by atoms with Gasteiger partial charge in [0.15, 0.2) is 0 Å². The van der Waals surface area contributed by atoms with Crippen molar-refractivity contribution in [1.82, 2.24) is 9.97 Å². The van der Waals surface area contributed by atoms with Gasteiger partial charge in [0.05, 0.1) is 26.4 Å². The van der Waals surface area contributed by atoms with Crippen LogP contribution in [0.15, 0.2) is 24.3 Å². The van der Waals surface area contributed by atoms with E-state index in [-0.39, 0.29) is 12.1 Å². The fourth-order valence-corrected chi connectivity index (χ4v) is 1.88. The number of aliphatic hydroxyl groups excluding tert-OH is 1. The highest BCUT2D eigenvalue weighted by Crippen LogP contribution is 2.25. The van der Waals surface area contributed by atoms with Gasteiger partial charge >= 0.3 is 0 Å². The molecule has 0 saturated carbocycles. The topological polar surface area (TPSA) is 90.5 Å². The van der Waals surface area contributed by atoms with Gasteiger partial charge < -0.3 is 20.3 Å². The van der Waals surface area contributed by atoms with Gasteiger partial charge in [-0.05, 0) is 12.1 Å². The Morgan fingerprint density at radius 3 is 2.33 bits per heavy atom. The fraction of sp³-hybridized carbons (Fsp3) is 0.286. The van der Waals surface area contributed by atoms with Crippen molar-refractivity contribution in [3.8, 4) is 11.8 Å². The highest BCUT2D eigenvalue weighted by atomic mass is 19.1. The molecule has 1 unspecified atom stereocenters. The van der Waals surface area contributed by atoms with Crippen molar-refractivity contribution in [3.63, 3.8) is 0 Å². The Kier molecular flexibility index (Phi) is 4.54. The van der Waals surface area contributed by atoms with Crippen molar-refractivity contribution in [3.05, 3.63) is 41.5 Å². The molecule has 0 aliphatic carbocycles. The maximum atomic E-state index is 13.0. The van der Waals surface area contributed by atoms with Crippen LogP contribution in [0.3, 0.4) is 0 Å². The molecule has 0 bridgehead atoms. The Bertz CT molecular complexity index is 615. The third-order valence-corrected chi connectivity index (χ3v) is 2.93. The predicted molar refractivity (Wildman–Crippen MR) is 74.6 cm³/mol. The predicted octanol–water partition coefficient (Wildman–Crippen LogP) is 1.49. The zero-order chi connectivity index (χ0) is 15.4. The molecule has 1 aromatic heterocycles. The molecule has 0 amide bonds. The smallest absolute Gasteiger partial charge is 0.220 e. The van der Waals surface area contributed by atoms with Gasteiger partial charge in [-0.25, -0.2) is 4.39 Å². The number of methoxy groups -OCH3 is 2. The molecule has 3 N–H and O–H groups in total. The number of nitrogens with zero attached hydrogens (tertiary/aromatic N) is 2. The molecule has 0 spiro atoms. The summed E-state index contributed by atoms with van der Waals surface area (Å²) < 4.78 is 23.1. The minimum absolute atomic E-state index is 0.101. The lowest BCUT2D eigenvalue weighted by Crippen LogP contribution is -2.09. The van der Waals surface area contributed by atoms with Gasteiger partial charge in [0.1, 0.15) is 11.6 Å². The van der Waals surface area contributed by atoms with E-state index in [0.717, 1.165) is 6.07 Å². The number of aliphatic hydroxyl groups is 1. The molecule has 2 aromatic rings. The van der Waals surface area contributed by atoms with Crippen molar-refractivity contribution in [2.75, 3.05) is 20.0 Å². The second-order valence-corrected chi connectivity index (χ2v) is 4.36. The molecule has 0 aliphatic rings. The van der Waals surface area contributed by atoms with Gasteiger partial charge in [0.25, 0.3) is 0 Å². The molecule has 2 rings (SSSR count). The molecule has 112 valence electrons. The first-order chi connectivity index (χ1) is 10.0. The maximum absolute atomic E-state index is 13.0. The Morgan fingerprint density at radius 2 is 1.81 bits per heavy atom. The number of rotatable bonds is 5. The third-order valence-electron chi connectivity index (χ3n) is 2.93. The van der Waals surface area contributed by atoms with Crippen LogP contribution in [-0.2, 0) is 6.42 Å². The van der Waals surface area contributed by atoms with Crippen molar-refractivity contribution in [1.29, 1.82) is 0 Å². The summed E-state index contributed by atoms with van der Waals surface area (Å²) in [5, 5.41) is 10.2. The molecular weight excluding hydrogens is 277 g/mol. The van der Waals surface area contributed by atoms with Crippen molar-refractivity contribution >= 4 is 5.69 Å². The van der Waals surface area contributed by atoms with Crippen LogP contribution < -0.4 is 15.2 Å². The largest absolute Gasteiger partial charge is 0.481 e. The van der Waals surface area contributed by atoms with Crippen LogP contribution in [0.1, 0.15) is 17.5 Å². The minimum Gasteiger partial charge on any atom is -0.481 e. The zero-order valence-electron chi connectivity index (χ0n) is 11.7. The second-order valence-electron chi connectivity index (χ2n) is 4.36. The average molecular weight is 293 g/mol. The fourth-order valence-electron chi connectivity index (χ4n) is 1.88. The van der Waals surface area contributed by atoms with Crippen LogP contribution in [0.4, 0.5) is 10.1 Å². The molecule has 21 heavy (non-hydrogen) atoms. The van der Waals surface area contributed by atoms with E-state index in [2.05, 4.69) is 9.97 Å². The van der Waals surface area contributed by atoms with E-state index in [1.165, 1.54) is 32.4 Å². The van der Waals surface area contributed by atoms with Crippen LogP contribution in [0, 0.1) is 5.82 Å². The summed E-state index contributed by atoms with van der Waals surface area (Å²) in [6, 6.07) is 5.36. The number of anilines is 1. The zero-order valence-corrected chi connectivity index (χ0v) is 11.7. The summed E-state index contributed by atoms with van der Waals surface area (Å²) in [6.45, 7) is 0. The number of benzene rings is 1. The van der Waals surface area contributed by atoms with E-state index in [9.17, 15) is 9.50 Å². The highest BCUT2D eigenvalue weighted by molar-refractivity contribution is 5.48. The van der Waals surface area contributed by atoms with Crippen LogP contribution in [0.2, 0.25) is 0 Å². The quantitative estimate of drug-likeness (QED) is 0.812. The SMILES string of the molecule is COc1cc(OC)nc(CC(O)c2ccc(F)cc2N)n1.